The largest absolute Gasteiger partial charge is 0.496 e. The number of hydrogen-bond donors (Lipinski definition) is 3. The number of rotatable bonds is 8. The molecule has 0 saturated carbocycles. The molecule has 3 N–H and O–H groups in total. The Morgan fingerprint density at radius 2 is 2.00 bits per heavy atom. The summed E-state index contributed by atoms with van der Waals surface area (Å²) in [6, 6.07) is 3.16. The van der Waals surface area contributed by atoms with Crippen molar-refractivity contribution in [2.75, 3.05) is 31.7 Å². The van der Waals surface area contributed by atoms with Crippen molar-refractivity contribution in [2.24, 2.45) is 0 Å². The average Bonchev–Trinajstić information content (AvgIpc) is 3.12. The first kappa shape index (κ1) is 20.3. The molecule has 1 heterocycles. The smallest absolute Gasteiger partial charge is 0.255 e. The van der Waals surface area contributed by atoms with Gasteiger partial charge in [-0.25, -0.2) is 8.42 Å². The summed E-state index contributed by atoms with van der Waals surface area (Å²) in [6.07, 6.45) is 3.93. The van der Waals surface area contributed by atoms with Crippen LogP contribution in [0, 0.1) is 0 Å². The van der Waals surface area contributed by atoms with Crippen LogP contribution in [0.1, 0.15) is 36.5 Å². The minimum Gasteiger partial charge on any atom is -0.496 e. The molecule has 1 aliphatic heterocycles. The van der Waals surface area contributed by atoms with Crippen LogP contribution in [0.5, 0.6) is 11.5 Å². The molecule has 8 nitrogen and oxygen atoms in total. The molecule has 1 saturated heterocycles. The number of anilines is 1. The normalized spacial score (nSPS) is 18.2. The van der Waals surface area contributed by atoms with Crippen molar-refractivity contribution in [1.82, 2.24) is 10.6 Å². The summed E-state index contributed by atoms with van der Waals surface area (Å²) in [6.45, 7) is 2.97. The number of carbonyl (C=O) groups excluding carboxylic acids is 1. The zero-order valence-electron chi connectivity index (χ0n) is 15.6. The molecular weight excluding hydrogens is 358 g/mol. The van der Waals surface area contributed by atoms with Gasteiger partial charge in [0.05, 0.1) is 31.7 Å². The highest BCUT2D eigenvalue weighted by atomic mass is 32.2. The van der Waals surface area contributed by atoms with Gasteiger partial charge >= 0.3 is 0 Å². The van der Waals surface area contributed by atoms with Gasteiger partial charge in [-0.15, -0.1) is 0 Å². The lowest BCUT2D eigenvalue weighted by atomic mass is 10.0. The van der Waals surface area contributed by atoms with Crippen molar-refractivity contribution < 1.29 is 22.7 Å². The fourth-order valence-electron chi connectivity index (χ4n) is 3.14. The molecule has 1 aromatic rings. The van der Waals surface area contributed by atoms with Gasteiger partial charge in [-0.2, -0.15) is 0 Å². The molecule has 26 heavy (non-hydrogen) atoms. The van der Waals surface area contributed by atoms with Gasteiger partial charge in [-0.05, 0) is 31.9 Å². The molecule has 0 spiro atoms. The summed E-state index contributed by atoms with van der Waals surface area (Å²) in [5.41, 5.74) is 0.434. The van der Waals surface area contributed by atoms with E-state index >= 15 is 0 Å². The van der Waals surface area contributed by atoms with Crippen LogP contribution in [-0.2, 0) is 10.0 Å². The topological polar surface area (TPSA) is 106 Å². The summed E-state index contributed by atoms with van der Waals surface area (Å²) in [5, 5.41) is 6.42. The first-order valence-electron chi connectivity index (χ1n) is 8.57. The number of amides is 1. The summed E-state index contributed by atoms with van der Waals surface area (Å²) < 4.78 is 36.1. The first-order chi connectivity index (χ1) is 12.3. The molecule has 2 rings (SSSR count). The van der Waals surface area contributed by atoms with E-state index in [1.165, 1.54) is 26.4 Å². The Bertz CT molecular complexity index is 745. The average molecular weight is 385 g/mol. The SMILES string of the molecule is CCC(NC(=O)c1cc(NS(C)(=O)=O)c(OC)cc1OC)C1CCCN1. The molecule has 2 unspecified atom stereocenters. The summed E-state index contributed by atoms with van der Waals surface area (Å²) >= 11 is 0. The van der Waals surface area contributed by atoms with Crippen molar-refractivity contribution in [3.05, 3.63) is 17.7 Å². The summed E-state index contributed by atoms with van der Waals surface area (Å²) in [5.74, 6) is 0.266. The maximum Gasteiger partial charge on any atom is 0.255 e. The van der Waals surface area contributed by atoms with Crippen molar-refractivity contribution >= 4 is 21.6 Å². The summed E-state index contributed by atoms with van der Waals surface area (Å²) in [4.78, 5) is 12.8. The molecule has 1 aliphatic rings. The van der Waals surface area contributed by atoms with Gasteiger partial charge < -0.3 is 20.1 Å². The molecule has 0 aliphatic carbocycles. The van der Waals surface area contributed by atoms with E-state index < -0.39 is 10.0 Å². The minimum absolute atomic E-state index is 0.0110. The van der Waals surface area contributed by atoms with Crippen LogP contribution in [0.4, 0.5) is 5.69 Å². The van der Waals surface area contributed by atoms with Gasteiger partial charge in [-0.3, -0.25) is 9.52 Å². The highest BCUT2D eigenvalue weighted by molar-refractivity contribution is 7.92. The van der Waals surface area contributed by atoms with E-state index in [2.05, 4.69) is 15.4 Å². The molecule has 0 bridgehead atoms. The second-order valence-corrected chi connectivity index (χ2v) is 8.07. The van der Waals surface area contributed by atoms with E-state index in [0.717, 1.165) is 32.1 Å². The Morgan fingerprint density at radius 3 is 2.50 bits per heavy atom. The van der Waals surface area contributed by atoms with Crippen LogP contribution in [0.2, 0.25) is 0 Å². The van der Waals surface area contributed by atoms with E-state index in [4.69, 9.17) is 9.47 Å². The maximum atomic E-state index is 12.8. The van der Waals surface area contributed by atoms with Gasteiger partial charge in [0.1, 0.15) is 11.5 Å². The Balaban J connectivity index is 2.33. The monoisotopic (exact) mass is 385 g/mol. The van der Waals surface area contributed by atoms with Crippen LogP contribution in [0.3, 0.4) is 0 Å². The molecule has 1 aromatic carbocycles. The maximum absolute atomic E-state index is 12.8. The second-order valence-electron chi connectivity index (χ2n) is 6.32. The molecule has 0 radical (unpaired) electrons. The molecule has 9 heteroatoms. The fourth-order valence-corrected chi connectivity index (χ4v) is 3.70. The molecule has 146 valence electrons. The van der Waals surface area contributed by atoms with Crippen LogP contribution in [0.25, 0.3) is 0 Å². The Morgan fingerprint density at radius 1 is 1.31 bits per heavy atom. The predicted molar refractivity (Wildman–Crippen MR) is 101 cm³/mol. The van der Waals surface area contributed by atoms with Crippen LogP contribution in [-0.4, -0.2) is 53.4 Å². The molecule has 1 amide bonds. The van der Waals surface area contributed by atoms with Crippen LogP contribution in [0.15, 0.2) is 12.1 Å². The lowest BCUT2D eigenvalue weighted by molar-refractivity contribution is 0.0924. The molecule has 0 aromatic heterocycles. The Kier molecular flexibility index (Phi) is 6.71. The highest BCUT2D eigenvalue weighted by Crippen LogP contribution is 2.33. The third kappa shape index (κ3) is 5.01. The Hall–Kier alpha value is -2.00. The van der Waals surface area contributed by atoms with E-state index in [1.54, 1.807) is 0 Å². The molecular formula is C17H27N3O5S. The van der Waals surface area contributed by atoms with Gasteiger partial charge in [-0.1, -0.05) is 6.92 Å². The van der Waals surface area contributed by atoms with E-state index in [0.29, 0.717) is 5.75 Å². The number of carbonyl (C=O) groups is 1. The van der Waals surface area contributed by atoms with Gasteiger partial charge in [0, 0.05) is 18.2 Å². The van der Waals surface area contributed by atoms with E-state index in [9.17, 15) is 13.2 Å². The van der Waals surface area contributed by atoms with Crippen LogP contribution < -0.4 is 24.8 Å². The highest BCUT2D eigenvalue weighted by Gasteiger charge is 2.26. The lowest BCUT2D eigenvalue weighted by Crippen LogP contribution is -2.47. The van der Waals surface area contributed by atoms with Gasteiger partial charge in [0.25, 0.3) is 5.91 Å². The number of nitrogens with one attached hydrogen (secondary N) is 3. The van der Waals surface area contributed by atoms with Crippen molar-refractivity contribution in [2.45, 2.75) is 38.3 Å². The predicted octanol–water partition coefficient (Wildman–Crippen LogP) is 1.34. The van der Waals surface area contributed by atoms with Gasteiger partial charge in [0.2, 0.25) is 10.0 Å². The zero-order valence-corrected chi connectivity index (χ0v) is 16.4. The van der Waals surface area contributed by atoms with E-state index in [-0.39, 0.29) is 35.0 Å². The van der Waals surface area contributed by atoms with E-state index in [1.807, 2.05) is 6.92 Å². The number of hydrogen-bond acceptors (Lipinski definition) is 6. The standard InChI is InChI=1S/C17H27N3O5S/c1-5-12(13-7-6-8-18-13)19-17(21)11-9-14(20-26(4,22)23)16(25-3)10-15(11)24-2/h9-10,12-13,18,20H,5-8H2,1-4H3,(H,19,21). The number of benzene rings is 1. The molecule has 1 fully saturated rings. The number of methoxy groups -OCH3 is 2. The number of ether oxygens (including phenoxy) is 2. The lowest BCUT2D eigenvalue weighted by Gasteiger charge is -2.24. The quantitative estimate of drug-likeness (QED) is 0.624. The van der Waals surface area contributed by atoms with Gasteiger partial charge in [0.15, 0.2) is 0 Å². The third-order valence-corrected chi connectivity index (χ3v) is 4.99. The van der Waals surface area contributed by atoms with Crippen molar-refractivity contribution in [3.8, 4) is 11.5 Å². The fraction of sp³-hybridized carbons (Fsp3) is 0.588. The minimum atomic E-state index is -3.53. The first-order valence-corrected chi connectivity index (χ1v) is 10.5. The summed E-state index contributed by atoms with van der Waals surface area (Å²) in [7, 11) is -0.658. The number of sulfonamides is 1. The van der Waals surface area contributed by atoms with Crippen molar-refractivity contribution in [1.29, 1.82) is 0 Å². The molecule has 2 atom stereocenters. The van der Waals surface area contributed by atoms with Crippen molar-refractivity contribution in [3.63, 3.8) is 0 Å². The zero-order chi connectivity index (χ0) is 19.3. The second kappa shape index (κ2) is 8.59. The van der Waals surface area contributed by atoms with Crippen LogP contribution >= 0.6 is 0 Å². The Labute approximate surface area is 154 Å². The third-order valence-electron chi connectivity index (χ3n) is 4.40.